The number of hydrogen-bond donors (Lipinski definition) is 1. The highest BCUT2D eigenvalue weighted by Crippen LogP contribution is 2.26. The summed E-state index contributed by atoms with van der Waals surface area (Å²) in [5.41, 5.74) is 2.88. The third-order valence-corrected chi connectivity index (χ3v) is 4.21. The second-order valence-corrected chi connectivity index (χ2v) is 7.30. The molecule has 1 aromatic carbocycles. The summed E-state index contributed by atoms with van der Waals surface area (Å²) < 4.78 is 0. The first-order valence-corrected chi connectivity index (χ1v) is 7.99. The zero-order chi connectivity index (χ0) is 14.6. The average Bonchev–Trinajstić information content (AvgIpc) is 2.89. The average molecular weight is 274 g/mol. The molecule has 1 aliphatic carbocycles. The van der Waals surface area contributed by atoms with Crippen LogP contribution in [0.1, 0.15) is 52.0 Å². The van der Waals surface area contributed by atoms with Crippen molar-refractivity contribution in [1.29, 1.82) is 0 Å². The van der Waals surface area contributed by atoms with Crippen LogP contribution in [0.3, 0.4) is 0 Å². The first kappa shape index (κ1) is 15.4. The molecule has 0 unspecified atom stereocenters. The first-order valence-electron chi connectivity index (χ1n) is 7.99. The van der Waals surface area contributed by atoms with Gasteiger partial charge in [0.25, 0.3) is 0 Å². The Morgan fingerprint density at radius 3 is 2.25 bits per heavy atom. The van der Waals surface area contributed by atoms with E-state index in [1.165, 1.54) is 43.5 Å². The van der Waals surface area contributed by atoms with Gasteiger partial charge in [0, 0.05) is 31.4 Å². The highest BCUT2D eigenvalue weighted by Gasteiger charge is 2.17. The first-order chi connectivity index (χ1) is 9.44. The molecule has 0 amide bonds. The molecule has 1 N–H and O–H groups in total. The van der Waals surface area contributed by atoms with E-state index in [0.29, 0.717) is 0 Å². The fourth-order valence-corrected chi connectivity index (χ4v) is 2.92. The van der Waals surface area contributed by atoms with Gasteiger partial charge in [-0.05, 0) is 57.2 Å². The normalized spacial score (nSPS) is 16.6. The lowest BCUT2D eigenvalue weighted by atomic mass is 10.1. The van der Waals surface area contributed by atoms with Gasteiger partial charge in [-0.25, -0.2) is 0 Å². The van der Waals surface area contributed by atoms with Gasteiger partial charge >= 0.3 is 0 Å². The van der Waals surface area contributed by atoms with Crippen LogP contribution in [-0.4, -0.2) is 19.1 Å². The topological polar surface area (TPSA) is 15.3 Å². The summed E-state index contributed by atoms with van der Waals surface area (Å²) in [6.07, 6.45) is 5.68. The highest BCUT2D eigenvalue weighted by atomic mass is 15.1. The van der Waals surface area contributed by atoms with Crippen molar-refractivity contribution in [2.24, 2.45) is 5.92 Å². The standard InChI is InChI=1S/C18H30N2/c1-18(2,3)19-13-15-9-11-17(12-10-15)20(4)14-16-7-5-6-8-16/h9-12,16,19H,5-8,13-14H2,1-4H3. The van der Waals surface area contributed by atoms with Gasteiger partial charge in [-0.2, -0.15) is 0 Å². The summed E-state index contributed by atoms with van der Waals surface area (Å²) >= 11 is 0. The Hall–Kier alpha value is -1.02. The van der Waals surface area contributed by atoms with Gasteiger partial charge < -0.3 is 10.2 Å². The summed E-state index contributed by atoms with van der Waals surface area (Å²) in [6, 6.07) is 9.02. The molecule has 2 nitrogen and oxygen atoms in total. The number of hydrogen-bond acceptors (Lipinski definition) is 2. The fourth-order valence-electron chi connectivity index (χ4n) is 2.92. The monoisotopic (exact) mass is 274 g/mol. The summed E-state index contributed by atoms with van der Waals surface area (Å²) in [4.78, 5) is 2.41. The summed E-state index contributed by atoms with van der Waals surface area (Å²) in [7, 11) is 2.22. The lowest BCUT2D eigenvalue weighted by Gasteiger charge is -2.24. The minimum absolute atomic E-state index is 0.179. The number of nitrogens with one attached hydrogen (secondary N) is 1. The predicted octanol–water partition coefficient (Wildman–Crippen LogP) is 4.20. The summed E-state index contributed by atoms with van der Waals surface area (Å²) in [5, 5.41) is 3.53. The van der Waals surface area contributed by atoms with Crippen LogP contribution in [0.5, 0.6) is 0 Å². The summed E-state index contributed by atoms with van der Waals surface area (Å²) in [6.45, 7) is 8.76. The van der Waals surface area contributed by atoms with Gasteiger partial charge in [-0.1, -0.05) is 25.0 Å². The zero-order valence-electron chi connectivity index (χ0n) is 13.6. The van der Waals surface area contributed by atoms with E-state index in [1.54, 1.807) is 0 Å². The number of anilines is 1. The smallest absolute Gasteiger partial charge is 0.0363 e. The summed E-state index contributed by atoms with van der Waals surface area (Å²) in [5.74, 6) is 0.905. The number of rotatable bonds is 5. The van der Waals surface area contributed by atoms with Crippen molar-refractivity contribution >= 4 is 5.69 Å². The maximum Gasteiger partial charge on any atom is 0.0363 e. The van der Waals surface area contributed by atoms with Crippen molar-refractivity contribution in [3.8, 4) is 0 Å². The molecule has 1 aromatic rings. The molecule has 0 aromatic heterocycles. The predicted molar refractivity (Wildman–Crippen MR) is 88.3 cm³/mol. The molecule has 2 heteroatoms. The van der Waals surface area contributed by atoms with Gasteiger partial charge in [0.15, 0.2) is 0 Å². The van der Waals surface area contributed by atoms with Gasteiger partial charge in [-0.15, -0.1) is 0 Å². The molecule has 1 fully saturated rings. The largest absolute Gasteiger partial charge is 0.374 e. The van der Waals surface area contributed by atoms with E-state index in [2.05, 4.69) is 62.3 Å². The number of nitrogens with zero attached hydrogens (tertiary/aromatic N) is 1. The molecule has 112 valence electrons. The van der Waals surface area contributed by atoms with Crippen molar-refractivity contribution in [2.45, 2.75) is 58.5 Å². The maximum atomic E-state index is 3.53. The number of benzene rings is 1. The van der Waals surface area contributed by atoms with Crippen LogP contribution in [0.15, 0.2) is 24.3 Å². The second kappa shape index (κ2) is 6.62. The van der Waals surface area contributed by atoms with E-state index in [-0.39, 0.29) is 5.54 Å². The van der Waals surface area contributed by atoms with Gasteiger partial charge in [-0.3, -0.25) is 0 Å². The maximum absolute atomic E-state index is 3.53. The molecule has 1 saturated carbocycles. The Labute approximate surface area is 124 Å². The fraction of sp³-hybridized carbons (Fsp3) is 0.667. The van der Waals surface area contributed by atoms with Gasteiger partial charge in [0.1, 0.15) is 0 Å². The molecule has 0 bridgehead atoms. The van der Waals surface area contributed by atoms with Crippen LogP contribution in [0.4, 0.5) is 5.69 Å². The molecule has 0 saturated heterocycles. The Balaban J connectivity index is 1.86. The van der Waals surface area contributed by atoms with Crippen molar-refractivity contribution in [3.05, 3.63) is 29.8 Å². The van der Waals surface area contributed by atoms with Gasteiger partial charge in [0.2, 0.25) is 0 Å². The van der Waals surface area contributed by atoms with E-state index in [1.807, 2.05) is 0 Å². The van der Waals surface area contributed by atoms with Crippen LogP contribution in [0, 0.1) is 5.92 Å². The van der Waals surface area contributed by atoms with E-state index >= 15 is 0 Å². The van der Waals surface area contributed by atoms with E-state index in [9.17, 15) is 0 Å². The molecule has 0 aliphatic heterocycles. The molecular weight excluding hydrogens is 244 g/mol. The SMILES string of the molecule is CN(CC1CCCC1)c1ccc(CNC(C)(C)C)cc1. The second-order valence-electron chi connectivity index (χ2n) is 7.30. The molecule has 0 spiro atoms. The Kier molecular flexibility index (Phi) is 5.09. The molecular formula is C18H30N2. The Morgan fingerprint density at radius 2 is 1.70 bits per heavy atom. The van der Waals surface area contributed by atoms with Gasteiger partial charge in [0.05, 0.1) is 0 Å². The minimum Gasteiger partial charge on any atom is -0.374 e. The van der Waals surface area contributed by atoms with Crippen LogP contribution in [-0.2, 0) is 6.54 Å². The highest BCUT2D eigenvalue weighted by molar-refractivity contribution is 5.46. The molecule has 1 aliphatic rings. The van der Waals surface area contributed by atoms with Crippen LogP contribution < -0.4 is 10.2 Å². The van der Waals surface area contributed by atoms with E-state index in [0.717, 1.165) is 12.5 Å². The van der Waals surface area contributed by atoms with E-state index < -0.39 is 0 Å². The van der Waals surface area contributed by atoms with E-state index in [4.69, 9.17) is 0 Å². The third kappa shape index (κ3) is 4.82. The van der Waals surface area contributed by atoms with Crippen LogP contribution in [0.2, 0.25) is 0 Å². The van der Waals surface area contributed by atoms with Crippen LogP contribution >= 0.6 is 0 Å². The van der Waals surface area contributed by atoms with Crippen molar-refractivity contribution in [2.75, 3.05) is 18.5 Å². The Bertz CT molecular complexity index is 396. The zero-order valence-corrected chi connectivity index (χ0v) is 13.6. The lowest BCUT2D eigenvalue weighted by molar-refractivity contribution is 0.424. The Morgan fingerprint density at radius 1 is 1.10 bits per heavy atom. The lowest BCUT2D eigenvalue weighted by Crippen LogP contribution is -2.35. The molecule has 0 atom stereocenters. The van der Waals surface area contributed by atoms with Crippen molar-refractivity contribution in [1.82, 2.24) is 5.32 Å². The van der Waals surface area contributed by atoms with Crippen molar-refractivity contribution in [3.63, 3.8) is 0 Å². The molecule has 20 heavy (non-hydrogen) atoms. The minimum atomic E-state index is 0.179. The quantitative estimate of drug-likeness (QED) is 0.865. The third-order valence-electron chi connectivity index (χ3n) is 4.21. The molecule has 0 heterocycles. The van der Waals surface area contributed by atoms with Crippen molar-refractivity contribution < 1.29 is 0 Å². The van der Waals surface area contributed by atoms with Crippen LogP contribution in [0.25, 0.3) is 0 Å². The molecule has 0 radical (unpaired) electrons. The molecule has 2 rings (SSSR count).